The summed E-state index contributed by atoms with van der Waals surface area (Å²) in [5.41, 5.74) is 0. The van der Waals surface area contributed by atoms with Gasteiger partial charge in [-0.25, -0.2) is 4.79 Å². The second kappa shape index (κ2) is 2.26. The standard InChI is InChI=1S/C5H6O5/c6-3(7)1-2-4(10-2)5(8)9/h2,4H,1H2,(H,6,7)(H,8,9)/t2-,4-/m0/s1. The Bertz CT molecular complexity index is 175. The first kappa shape index (κ1) is 7.01. The first-order valence-corrected chi connectivity index (χ1v) is 2.71. The molecule has 0 unspecified atom stereocenters. The van der Waals surface area contributed by atoms with Crippen LogP contribution in [0.4, 0.5) is 0 Å². The van der Waals surface area contributed by atoms with Gasteiger partial charge in [-0.05, 0) is 0 Å². The van der Waals surface area contributed by atoms with Gasteiger partial charge in [0.2, 0.25) is 0 Å². The fraction of sp³-hybridized carbons (Fsp3) is 0.600. The third-order valence-corrected chi connectivity index (χ3v) is 1.20. The number of carbonyl (C=O) groups is 2. The van der Waals surface area contributed by atoms with Crippen LogP contribution in [0.3, 0.4) is 0 Å². The van der Waals surface area contributed by atoms with Gasteiger partial charge in [0.15, 0.2) is 6.10 Å². The van der Waals surface area contributed by atoms with E-state index in [1.165, 1.54) is 0 Å². The molecule has 0 aromatic heterocycles. The summed E-state index contributed by atoms with van der Waals surface area (Å²) < 4.78 is 4.51. The molecule has 0 radical (unpaired) electrons. The molecule has 5 nitrogen and oxygen atoms in total. The lowest BCUT2D eigenvalue weighted by molar-refractivity contribution is -0.138. The van der Waals surface area contributed by atoms with Crippen LogP contribution in [0, 0.1) is 0 Å². The van der Waals surface area contributed by atoms with Crippen LogP contribution >= 0.6 is 0 Å². The Labute approximate surface area is 56.2 Å². The van der Waals surface area contributed by atoms with Gasteiger partial charge in [-0.2, -0.15) is 0 Å². The van der Waals surface area contributed by atoms with E-state index in [9.17, 15) is 9.59 Å². The summed E-state index contributed by atoms with van der Waals surface area (Å²) in [6.07, 6.45) is -1.73. The molecule has 0 aromatic carbocycles. The van der Waals surface area contributed by atoms with Crippen molar-refractivity contribution >= 4 is 11.9 Å². The van der Waals surface area contributed by atoms with Crippen molar-refractivity contribution in [1.82, 2.24) is 0 Å². The molecule has 56 valence electrons. The average molecular weight is 146 g/mol. The smallest absolute Gasteiger partial charge is 0.335 e. The van der Waals surface area contributed by atoms with Gasteiger partial charge in [0, 0.05) is 0 Å². The van der Waals surface area contributed by atoms with Gasteiger partial charge in [-0.3, -0.25) is 4.79 Å². The number of rotatable bonds is 3. The third-order valence-electron chi connectivity index (χ3n) is 1.20. The molecule has 1 fully saturated rings. The Morgan fingerprint density at radius 1 is 1.40 bits per heavy atom. The minimum atomic E-state index is -1.09. The highest BCUT2D eigenvalue weighted by molar-refractivity contribution is 5.78. The molecule has 0 amide bonds. The zero-order valence-electron chi connectivity index (χ0n) is 4.98. The van der Waals surface area contributed by atoms with Crippen LogP contribution in [0.2, 0.25) is 0 Å². The van der Waals surface area contributed by atoms with E-state index in [1.54, 1.807) is 0 Å². The van der Waals surface area contributed by atoms with Crippen molar-refractivity contribution in [2.75, 3.05) is 0 Å². The van der Waals surface area contributed by atoms with Gasteiger partial charge in [0.05, 0.1) is 6.42 Å². The topological polar surface area (TPSA) is 87.1 Å². The lowest BCUT2D eigenvalue weighted by Crippen LogP contribution is -2.10. The van der Waals surface area contributed by atoms with E-state index in [2.05, 4.69) is 4.74 Å². The summed E-state index contributed by atoms with van der Waals surface area (Å²) in [6, 6.07) is 0. The van der Waals surface area contributed by atoms with E-state index in [1.807, 2.05) is 0 Å². The zero-order chi connectivity index (χ0) is 7.72. The zero-order valence-corrected chi connectivity index (χ0v) is 4.98. The molecule has 10 heavy (non-hydrogen) atoms. The molecule has 0 spiro atoms. The Balaban J connectivity index is 2.26. The monoisotopic (exact) mass is 146 g/mol. The van der Waals surface area contributed by atoms with Crippen molar-refractivity contribution in [3.05, 3.63) is 0 Å². The molecular formula is C5H6O5. The number of epoxide rings is 1. The maximum Gasteiger partial charge on any atom is 0.335 e. The molecule has 0 aliphatic carbocycles. The van der Waals surface area contributed by atoms with Crippen LogP contribution in [-0.4, -0.2) is 34.4 Å². The van der Waals surface area contributed by atoms with E-state index in [4.69, 9.17) is 10.2 Å². The van der Waals surface area contributed by atoms with Gasteiger partial charge in [0.1, 0.15) is 6.10 Å². The van der Waals surface area contributed by atoms with Crippen LogP contribution in [-0.2, 0) is 14.3 Å². The molecule has 5 heteroatoms. The highest BCUT2D eigenvalue weighted by Gasteiger charge is 2.46. The minimum Gasteiger partial charge on any atom is -0.481 e. The van der Waals surface area contributed by atoms with E-state index in [0.29, 0.717) is 0 Å². The van der Waals surface area contributed by atoms with Gasteiger partial charge >= 0.3 is 11.9 Å². The number of carboxylic acid groups (broad SMARTS) is 2. The van der Waals surface area contributed by atoms with Crippen molar-refractivity contribution in [3.63, 3.8) is 0 Å². The molecule has 1 aliphatic heterocycles. The molecule has 2 N–H and O–H groups in total. The molecule has 1 saturated heterocycles. The molecule has 1 aliphatic rings. The number of carboxylic acids is 2. The van der Waals surface area contributed by atoms with Crippen LogP contribution in [0.15, 0.2) is 0 Å². The molecule has 1 rings (SSSR count). The lowest BCUT2D eigenvalue weighted by atomic mass is 10.2. The van der Waals surface area contributed by atoms with Crippen molar-refractivity contribution in [1.29, 1.82) is 0 Å². The predicted octanol–water partition coefficient (Wildman–Crippen LogP) is -0.687. The van der Waals surface area contributed by atoms with Crippen molar-refractivity contribution in [2.24, 2.45) is 0 Å². The summed E-state index contributed by atoms with van der Waals surface area (Å²) in [7, 11) is 0. The van der Waals surface area contributed by atoms with Gasteiger partial charge < -0.3 is 14.9 Å². The number of hydrogen-bond donors (Lipinski definition) is 2. The van der Waals surface area contributed by atoms with Gasteiger partial charge in [-0.1, -0.05) is 0 Å². The molecule has 0 aromatic rings. The summed E-state index contributed by atoms with van der Waals surface area (Å²) in [5, 5.41) is 16.4. The molecular weight excluding hydrogens is 140 g/mol. The van der Waals surface area contributed by atoms with E-state index >= 15 is 0 Å². The number of ether oxygens (including phenoxy) is 1. The SMILES string of the molecule is O=C(O)C[C@@H]1O[C@@H]1C(=O)O. The van der Waals surface area contributed by atoms with Crippen molar-refractivity contribution < 1.29 is 24.5 Å². The van der Waals surface area contributed by atoms with Crippen LogP contribution < -0.4 is 0 Å². The highest BCUT2D eigenvalue weighted by Crippen LogP contribution is 2.24. The molecule has 0 bridgehead atoms. The van der Waals surface area contributed by atoms with E-state index in [-0.39, 0.29) is 6.42 Å². The Kier molecular flexibility index (Phi) is 1.58. The maximum atomic E-state index is 10.0. The number of aliphatic carboxylic acids is 2. The Hall–Kier alpha value is -1.10. The highest BCUT2D eigenvalue weighted by atomic mass is 16.6. The summed E-state index contributed by atoms with van der Waals surface area (Å²) in [5.74, 6) is -2.12. The fourth-order valence-electron chi connectivity index (χ4n) is 0.687. The summed E-state index contributed by atoms with van der Waals surface area (Å²) >= 11 is 0. The Morgan fingerprint density at radius 2 is 2.00 bits per heavy atom. The van der Waals surface area contributed by atoms with Gasteiger partial charge in [-0.15, -0.1) is 0 Å². The van der Waals surface area contributed by atoms with E-state index < -0.39 is 24.1 Å². The van der Waals surface area contributed by atoms with Crippen LogP contribution in [0.5, 0.6) is 0 Å². The molecule has 1 heterocycles. The predicted molar refractivity (Wildman–Crippen MR) is 28.5 cm³/mol. The van der Waals surface area contributed by atoms with Crippen molar-refractivity contribution in [3.8, 4) is 0 Å². The second-order valence-electron chi connectivity index (χ2n) is 2.03. The fourth-order valence-corrected chi connectivity index (χ4v) is 0.687. The first-order chi connectivity index (χ1) is 4.61. The Morgan fingerprint density at radius 3 is 2.30 bits per heavy atom. The largest absolute Gasteiger partial charge is 0.481 e. The lowest BCUT2D eigenvalue weighted by Gasteiger charge is -1.83. The molecule has 2 atom stereocenters. The summed E-state index contributed by atoms with van der Waals surface area (Å²) in [4.78, 5) is 20.0. The quantitative estimate of drug-likeness (QED) is 0.514. The van der Waals surface area contributed by atoms with Gasteiger partial charge in [0.25, 0.3) is 0 Å². The first-order valence-electron chi connectivity index (χ1n) is 2.71. The van der Waals surface area contributed by atoms with E-state index in [0.717, 1.165) is 0 Å². The normalized spacial score (nSPS) is 29.6. The minimum absolute atomic E-state index is 0.225. The maximum absolute atomic E-state index is 10.0. The number of hydrogen-bond acceptors (Lipinski definition) is 3. The van der Waals surface area contributed by atoms with Crippen LogP contribution in [0.25, 0.3) is 0 Å². The molecule has 0 saturated carbocycles. The van der Waals surface area contributed by atoms with Crippen molar-refractivity contribution in [2.45, 2.75) is 18.6 Å². The third kappa shape index (κ3) is 1.44. The van der Waals surface area contributed by atoms with Crippen LogP contribution in [0.1, 0.15) is 6.42 Å². The second-order valence-corrected chi connectivity index (χ2v) is 2.03. The average Bonchev–Trinajstić information content (AvgIpc) is 2.43. The summed E-state index contributed by atoms with van der Waals surface area (Å²) in [6.45, 7) is 0.